The topological polar surface area (TPSA) is 107 Å². The van der Waals surface area contributed by atoms with E-state index < -0.39 is 17.9 Å². The highest BCUT2D eigenvalue weighted by Gasteiger charge is 2.27. The highest BCUT2D eigenvalue weighted by Crippen LogP contribution is 2.14. The van der Waals surface area contributed by atoms with Gasteiger partial charge in [0.1, 0.15) is 6.04 Å². The van der Waals surface area contributed by atoms with E-state index in [1.54, 1.807) is 46.2 Å². The highest BCUT2D eigenvalue weighted by molar-refractivity contribution is 5.97. The fourth-order valence-electron chi connectivity index (χ4n) is 3.66. The summed E-state index contributed by atoms with van der Waals surface area (Å²) in [5, 5.41) is 11.9. The summed E-state index contributed by atoms with van der Waals surface area (Å²) in [6.45, 7) is 3.52. The van der Waals surface area contributed by atoms with Crippen molar-refractivity contribution in [1.82, 2.24) is 15.1 Å². The lowest BCUT2D eigenvalue weighted by molar-refractivity contribution is -0.139. The molecule has 32 heavy (non-hydrogen) atoms. The number of carboxylic acids is 1. The standard InChI is InChI=1S/C24H27N3O5/c1-17-7-5-6-10-19(17)23(30)27-15-13-26(14-16-27)21(28)12-11-20(24(31)32)25-22(29)18-8-3-2-4-9-18/h2-10,20H,11-16H2,1H3,(H,25,29)(H,31,32)/t20-/m0/s1. The van der Waals surface area contributed by atoms with Gasteiger partial charge in [0.25, 0.3) is 11.8 Å². The van der Waals surface area contributed by atoms with Crippen LogP contribution in [0.25, 0.3) is 0 Å². The Morgan fingerprint density at radius 2 is 1.50 bits per heavy atom. The molecule has 0 radical (unpaired) electrons. The number of amides is 3. The van der Waals surface area contributed by atoms with Gasteiger partial charge in [0.2, 0.25) is 5.91 Å². The molecule has 2 N–H and O–H groups in total. The number of rotatable bonds is 7. The van der Waals surface area contributed by atoms with Crippen LogP contribution in [0.2, 0.25) is 0 Å². The molecule has 1 saturated heterocycles. The van der Waals surface area contributed by atoms with Gasteiger partial charge in [-0.15, -0.1) is 0 Å². The number of aryl methyl sites for hydroxylation is 1. The predicted octanol–water partition coefficient (Wildman–Crippen LogP) is 1.94. The van der Waals surface area contributed by atoms with Crippen LogP contribution in [0.5, 0.6) is 0 Å². The summed E-state index contributed by atoms with van der Waals surface area (Å²) in [6.07, 6.45) is -0.00707. The summed E-state index contributed by atoms with van der Waals surface area (Å²) < 4.78 is 0. The van der Waals surface area contributed by atoms with Crippen molar-refractivity contribution in [2.45, 2.75) is 25.8 Å². The second-order valence-electron chi connectivity index (χ2n) is 7.76. The minimum absolute atomic E-state index is 0.00221. The lowest BCUT2D eigenvalue weighted by atomic mass is 10.1. The molecule has 3 amide bonds. The zero-order valence-corrected chi connectivity index (χ0v) is 18.0. The molecule has 3 rings (SSSR count). The van der Waals surface area contributed by atoms with Crippen molar-refractivity contribution in [2.24, 2.45) is 0 Å². The van der Waals surface area contributed by atoms with Gasteiger partial charge in [-0.25, -0.2) is 4.79 Å². The van der Waals surface area contributed by atoms with Crippen molar-refractivity contribution in [3.8, 4) is 0 Å². The predicted molar refractivity (Wildman–Crippen MR) is 118 cm³/mol. The number of benzene rings is 2. The first kappa shape index (κ1) is 23.0. The average Bonchev–Trinajstić information content (AvgIpc) is 2.81. The number of nitrogens with zero attached hydrogens (tertiary/aromatic N) is 2. The Morgan fingerprint density at radius 1 is 0.906 bits per heavy atom. The van der Waals surface area contributed by atoms with Crippen molar-refractivity contribution in [1.29, 1.82) is 0 Å². The maximum Gasteiger partial charge on any atom is 0.326 e. The third-order valence-corrected chi connectivity index (χ3v) is 5.58. The van der Waals surface area contributed by atoms with E-state index in [0.29, 0.717) is 37.3 Å². The minimum Gasteiger partial charge on any atom is -0.480 e. The molecule has 1 aliphatic heterocycles. The monoisotopic (exact) mass is 437 g/mol. The molecule has 8 heteroatoms. The molecular weight excluding hydrogens is 410 g/mol. The Labute approximate surface area is 186 Å². The second-order valence-corrected chi connectivity index (χ2v) is 7.76. The summed E-state index contributed by atoms with van der Waals surface area (Å²) in [5.41, 5.74) is 1.93. The molecule has 168 valence electrons. The number of piperazine rings is 1. The van der Waals surface area contributed by atoms with Crippen LogP contribution in [0, 0.1) is 6.92 Å². The molecule has 0 spiro atoms. The lowest BCUT2D eigenvalue weighted by Gasteiger charge is -2.35. The molecule has 1 atom stereocenters. The van der Waals surface area contributed by atoms with E-state index in [-0.39, 0.29) is 24.7 Å². The van der Waals surface area contributed by atoms with Crippen LogP contribution in [-0.2, 0) is 9.59 Å². The smallest absolute Gasteiger partial charge is 0.326 e. The number of nitrogens with one attached hydrogen (secondary N) is 1. The quantitative estimate of drug-likeness (QED) is 0.689. The molecule has 1 heterocycles. The first-order valence-electron chi connectivity index (χ1n) is 10.6. The summed E-state index contributed by atoms with van der Waals surface area (Å²) in [5.74, 6) is -1.91. The van der Waals surface area contributed by atoms with E-state index in [1.165, 1.54) is 0 Å². The molecule has 0 saturated carbocycles. The Kier molecular flexibility index (Phi) is 7.59. The number of carboxylic acid groups (broad SMARTS) is 1. The fraction of sp³-hybridized carbons (Fsp3) is 0.333. The number of aliphatic carboxylic acids is 1. The fourth-order valence-corrected chi connectivity index (χ4v) is 3.66. The molecule has 0 aliphatic carbocycles. The first-order valence-corrected chi connectivity index (χ1v) is 10.6. The van der Waals surface area contributed by atoms with Crippen LogP contribution in [0.1, 0.15) is 39.1 Å². The summed E-state index contributed by atoms with van der Waals surface area (Å²) in [6, 6.07) is 14.6. The van der Waals surface area contributed by atoms with Crippen molar-refractivity contribution >= 4 is 23.7 Å². The third kappa shape index (κ3) is 5.72. The molecule has 2 aromatic rings. The van der Waals surface area contributed by atoms with Gasteiger partial charge < -0.3 is 20.2 Å². The molecule has 8 nitrogen and oxygen atoms in total. The van der Waals surface area contributed by atoms with Crippen LogP contribution in [0.3, 0.4) is 0 Å². The van der Waals surface area contributed by atoms with Gasteiger partial charge in [-0.3, -0.25) is 14.4 Å². The molecule has 1 aliphatic rings. The van der Waals surface area contributed by atoms with Crippen molar-refractivity contribution in [2.75, 3.05) is 26.2 Å². The van der Waals surface area contributed by atoms with Crippen LogP contribution >= 0.6 is 0 Å². The van der Waals surface area contributed by atoms with Crippen LogP contribution in [0.15, 0.2) is 54.6 Å². The maximum absolute atomic E-state index is 12.7. The lowest BCUT2D eigenvalue weighted by Crippen LogP contribution is -2.51. The van der Waals surface area contributed by atoms with E-state index in [1.807, 2.05) is 25.1 Å². The number of hydrogen-bond donors (Lipinski definition) is 2. The largest absolute Gasteiger partial charge is 0.480 e. The van der Waals surface area contributed by atoms with Gasteiger partial charge in [0.05, 0.1) is 0 Å². The number of carbonyl (C=O) groups is 4. The van der Waals surface area contributed by atoms with E-state index in [9.17, 15) is 24.3 Å². The van der Waals surface area contributed by atoms with Crippen LogP contribution < -0.4 is 5.32 Å². The normalized spacial score (nSPS) is 14.5. The second kappa shape index (κ2) is 10.6. The Balaban J connectivity index is 1.49. The SMILES string of the molecule is Cc1ccccc1C(=O)N1CCN(C(=O)CC[C@H](NC(=O)c2ccccc2)C(=O)O)CC1. The summed E-state index contributed by atoms with van der Waals surface area (Å²) >= 11 is 0. The molecule has 1 fully saturated rings. The number of carbonyl (C=O) groups excluding carboxylic acids is 3. The first-order chi connectivity index (χ1) is 15.4. The molecular formula is C24H27N3O5. The molecule has 2 aromatic carbocycles. The Morgan fingerprint density at radius 3 is 2.12 bits per heavy atom. The van der Waals surface area contributed by atoms with E-state index in [4.69, 9.17) is 0 Å². The minimum atomic E-state index is -1.18. The van der Waals surface area contributed by atoms with Crippen LogP contribution in [0.4, 0.5) is 0 Å². The van der Waals surface area contributed by atoms with Gasteiger partial charge >= 0.3 is 5.97 Å². The third-order valence-electron chi connectivity index (χ3n) is 5.58. The van der Waals surface area contributed by atoms with Gasteiger partial charge in [0.15, 0.2) is 0 Å². The number of hydrogen-bond acceptors (Lipinski definition) is 4. The van der Waals surface area contributed by atoms with Crippen molar-refractivity contribution < 1.29 is 24.3 Å². The van der Waals surface area contributed by atoms with E-state index in [0.717, 1.165) is 5.56 Å². The zero-order chi connectivity index (χ0) is 23.1. The molecule has 0 aromatic heterocycles. The Bertz CT molecular complexity index is 984. The maximum atomic E-state index is 12.7. The van der Waals surface area contributed by atoms with E-state index in [2.05, 4.69) is 5.32 Å². The average molecular weight is 437 g/mol. The summed E-state index contributed by atoms with van der Waals surface area (Å²) in [7, 11) is 0. The van der Waals surface area contributed by atoms with Crippen molar-refractivity contribution in [3.63, 3.8) is 0 Å². The van der Waals surface area contributed by atoms with Gasteiger partial charge in [-0.2, -0.15) is 0 Å². The Hall–Kier alpha value is -3.68. The van der Waals surface area contributed by atoms with Gasteiger partial charge in [-0.1, -0.05) is 36.4 Å². The highest BCUT2D eigenvalue weighted by atomic mass is 16.4. The van der Waals surface area contributed by atoms with Crippen molar-refractivity contribution in [3.05, 3.63) is 71.3 Å². The molecule has 0 bridgehead atoms. The molecule has 0 unspecified atom stereocenters. The van der Waals surface area contributed by atoms with Crippen LogP contribution in [-0.4, -0.2) is 70.8 Å². The zero-order valence-electron chi connectivity index (χ0n) is 18.0. The van der Waals surface area contributed by atoms with E-state index >= 15 is 0 Å². The van der Waals surface area contributed by atoms with Gasteiger partial charge in [0, 0.05) is 43.7 Å². The van der Waals surface area contributed by atoms with Gasteiger partial charge in [-0.05, 0) is 37.1 Å². The summed E-state index contributed by atoms with van der Waals surface area (Å²) in [4.78, 5) is 52.5.